The van der Waals surface area contributed by atoms with Crippen LogP contribution in [0.1, 0.15) is 33.2 Å². The second-order valence-corrected chi connectivity index (χ2v) is 7.58. The summed E-state index contributed by atoms with van der Waals surface area (Å²) in [6, 6.07) is 14.8. The van der Waals surface area contributed by atoms with Crippen LogP contribution in [0.25, 0.3) is 0 Å². The van der Waals surface area contributed by atoms with Crippen molar-refractivity contribution in [2.24, 2.45) is 0 Å². The van der Waals surface area contributed by atoms with Gasteiger partial charge in [-0.1, -0.05) is 48.2 Å². The lowest BCUT2D eigenvalue weighted by Crippen LogP contribution is -2.37. The number of thioether (sulfide) groups is 1. The average molecular weight is 418 g/mol. The summed E-state index contributed by atoms with van der Waals surface area (Å²) in [6.45, 7) is 2.88. The molecule has 152 valence electrons. The molecule has 0 bridgehead atoms. The van der Waals surface area contributed by atoms with Crippen LogP contribution in [-0.2, 0) is 19.0 Å². The molecule has 0 aliphatic carbocycles. The van der Waals surface area contributed by atoms with E-state index in [-0.39, 0.29) is 5.56 Å². The van der Waals surface area contributed by atoms with Crippen LogP contribution in [0, 0.1) is 6.92 Å². The highest BCUT2D eigenvalue weighted by atomic mass is 32.2. The number of esters is 3. The minimum Gasteiger partial charge on any atom is -0.451 e. The van der Waals surface area contributed by atoms with Crippen molar-refractivity contribution < 1.29 is 33.0 Å². The lowest BCUT2D eigenvalue weighted by Gasteiger charge is -2.21. The van der Waals surface area contributed by atoms with Crippen LogP contribution in [0.15, 0.2) is 54.6 Å². The second-order valence-electron chi connectivity index (χ2n) is 6.38. The van der Waals surface area contributed by atoms with E-state index in [1.54, 1.807) is 49.4 Å². The van der Waals surface area contributed by atoms with Crippen LogP contribution >= 0.6 is 11.8 Å². The maximum atomic E-state index is 14.9. The Balaban J connectivity index is 1.79. The fourth-order valence-corrected chi connectivity index (χ4v) is 4.06. The standard InChI is InChI=1S/C21H19FO6S/c1-12-8-6-7-11-15(12)19(25)28-21-17(16(22)20(29-21)26-13(2)23)27-18(24)14-9-4-3-5-10-14/h3-11,16-17,20-21H,1-2H3/t16-,17-,20?,21+/m0/s1. The SMILES string of the molecule is CC(=O)OC1S[C@@H](OC(=O)c2ccccc2C)[C@@H](OC(=O)c2ccccc2)[C@@H]1F. The van der Waals surface area contributed by atoms with Gasteiger partial charge in [0.25, 0.3) is 0 Å². The number of alkyl halides is 1. The smallest absolute Gasteiger partial charge is 0.339 e. The predicted molar refractivity (Wildman–Crippen MR) is 104 cm³/mol. The zero-order chi connectivity index (χ0) is 21.0. The minimum absolute atomic E-state index is 0.226. The Labute approximate surface area is 171 Å². The number of carbonyl (C=O) groups excluding carboxylic acids is 3. The van der Waals surface area contributed by atoms with E-state index in [9.17, 15) is 18.8 Å². The van der Waals surface area contributed by atoms with Crippen LogP contribution < -0.4 is 0 Å². The van der Waals surface area contributed by atoms with Crippen molar-refractivity contribution in [3.05, 3.63) is 71.3 Å². The summed E-state index contributed by atoms with van der Waals surface area (Å²) in [7, 11) is 0. The molecule has 1 heterocycles. The fraction of sp³-hybridized carbons (Fsp3) is 0.286. The Kier molecular flexibility index (Phi) is 6.53. The highest BCUT2D eigenvalue weighted by molar-refractivity contribution is 8.00. The molecule has 29 heavy (non-hydrogen) atoms. The van der Waals surface area contributed by atoms with Gasteiger partial charge >= 0.3 is 17.9 Å². The topological polar surface area (TPSA) is 78.9 Å². The van der Waals surface area contributed by atoms with Gasteiger partial charge in [0, 0.05) is 6.92 Å². The number of ether oxygens (including phenoxy) is 3. The summed E-state index contributed by atoms with van der Waals surface area (Å²) < 4.78 is 30.6. The molecule has 0 amide bonds. The lowest BCUT2D eigenvalue weighted by molar-refractivity contribution is -0.145. The molecule has 4 atom stereocenters. The molecule has 8 heteroatoms. The molecule has 2 aromatic carbocycles. The lowest BCUT2D eigenvalue weighted by atomic mass is 10.1. The third-order valence-corrected chi connectivity index (χ3v) is 5.49. The van der Waals surface area contributed by atoms with Gasteiger partial charge in [-0.2, -0.15) is 0 Å². The van der Waals surface area contributed by atoms with Gasteiger partial charge in [0.15, 0.2) is 23.1 Å². The Morgan fingerprint density at radius 2 is 1.52 bits per heavy atom. The van der Waals surface area contributed by atoms with Crippen molar-refractivity contribution in [2.75, 3.05) is 0 Å². The van der Waals surface area contributed by atoms with Gasteiger partial charge in [0.1, 0.15) is 0 Å². The fourth-order valence-electron chi connectivity index (χ4n) is 2.80. The summed E-state index contributed by atoms with van der Waals surface area (Å²) in [5.74, 6) is -2.14. The van der Waals surface area contributed by atoms with Crippen molar-refractivity contribution in [1.82, 2.24) is 0 Å². The van der Waals surface area contributed by atoms with Gasteiger partial charge in [-0.15, -0.1) is 0 Å². The molecule has 3 rings (SSSR count). The Morgan fingerprint density at radius 3 is 2.17 bits per heavy atom. The zero-order valence-electron chi connectivity index (χ0n) is 15.7. The number of aryl methyl sites for hydroxylation is 1. The molecule has 1 aliphatic rings. The number of benzene rings is 2. The molecule has 0 aromatic heterocycles. The van der Waals surface area contributed by atoms with Crippen LogP contribution in [0.3, 0.4) is 0 Å². The maximum absolute atomic E-state index is 14.9. The van der Waals surface area contributed by atoms with Crippen molar-refractivity contribution in [2.45, 2.75) is 37.0 Å². The number of carbonyl (C=O) groups is 3. The van der Waals surface area contributed by atoms with Gasteiger partial charge in [-0.05, 0) is 30.7 Å². The summed E-state index contributed by atoms with van der Waals surface area (Å²) in [5.41, 5.74) is -1.20. The van der Waals surface area contributed by atoms with Gasteiger partial charge in [0.05, 0.1) is 11.1 Å². The summed E-state index contributed by atoms with van der Waals surface area (Å²) in [4.78, 5) is 36.2. The highest BCUT2D eigenvalue weighted by Gasteiger charge is 2.51. The van der Waals surface area contributed by atoms with E-state index in [1.165, 1.54) is 12.1 Å². The van der Waals surface area contributed by atoms with Gasteiger partial charge in [-0.3, -0.25) is 4.79 Å². The Morgan fingerprint density at radius 1 is 0.862 bits per heavy atom. The minimum atomic E-state index is -1.86. The molecule has 0 saturated carbocycles. The predicted octanol–water partition coefficient (Wildman–Crippen LogP) is 3.68. The van der Waals surface area contributed by atoms with Crippen molar-refractivity contribution in [3.8, 4) is 0 Å². The first-order valence-corrected chi connectivity index (χ1v) is 9.80. The number of rotatable bonds is 5. The zero-order valence-corrected chi connectivity index (χ0v) is 16.6. The summed E-state index contributed by atoms with van der Waals surface area (Å²) >= 11 is 0.783. The van der Waals surface area contributed by atoms with Gasteiger partial charge < -0.3 is 14.2 Å². The largest absolute Gasteiger partial charge is 0.451 e. The van der Waals surface area contributed by atoms with Crippen molar-refractivity contribution in [3.63, 3.8) is 0 Å². The molecule has 1 fully saturated rings. The van der Waals surface area contributed by atoms with E-state index in [0.29, 0.717) is 11.1 Å². The van der Waals surface area contributed by atoms with Crippen LogP contribution in [-0.4, -0.2) is 41.1 Å². The molecule has 0 radical (unpaired) electrons. The molecule has 1 aliphatic heterocycles. The molecule has 0 spiro atoms. The Hall–Kier alpha value is -2.87. The van der Waals surface area contributed by atoms with Crippen LogP contribution in [0.2, 0.25) is 0 Å². The molecule has 2 aromatic rings. The first-order chi connectivity index (χ1) is 13.9. The van der Waals surface area contributed by atoms with Crippen LogP contribution in [0.5, 0.6) is 0 Å². The van der Waals surface area contributed by atoms with E-state index in [1.807, 2.05) is 0 Å². The molecular formula is C21H19FO6S. The highest BCUT2D eigenvalue weighted by Crippen LogP contribution is 2.40. The molecule has 0 N–H and O–H groups in total. The van der Waals surface area contributed by atoms with E-state index in [0.717, 1.165) is 18.7 Å². The quantitative estimate of drug-likeness (QED) is 0.541. The van der Waals surface area contributed by atoms with Gasteiger partial charge in [0.2, 0.25) is 0 Å². The average Bonchev–Trinajstić information content (AvgIpc) is 2.97. The third kappa shape index (κ3) is 4.95. The summed E-state index contributed by atoms with van der Waals surface area (Å²) in [5, 5.41) is 0. The van der Waals surface area contributed by atoms with Crippen LogP contribution in [0.4, 0.5) is 4.39 Å². The third-order valence-electron chi connectivity index (χ3n) is 4.23. The Bertz CT molecular complexity index is 903. The summed E-state index contributed by atoms with van der Waals surface area (Å²) in [6.07, 6.45) is -3.28. The number of hydrogen-bond donors (Lipinski definition) is 0. The molecule has 1 unspecified atom stereocenters. The van der Waals surface area contributed by atoms with E-state index in [2.05, 4.69) is 0 Å². The monoisotopic (exact) mass is 418 g/mol. The molecular weight excluding hydrogens is 399 g/mol. The molecule has 1 saturated heterocycles. The molecule has 6 nitrogen and oxygen atoms in total. The van der Waals surface area contributed by atoms with E-state index in [4.69, 9.17) is 14.2 Å². The first-order valence-electron chi connectivity index (χ1n) is 8.86. The normalized spacial score (nSPS) is 23.3. The van der Waals surface area contributed by atoms with Gasteiger partial charge in [-0.25, -0.2) is 14.0 Å². The van der Waals surface area contributed by atoms with E-state index < -0.39 is 41.1 Å². The van der Waals surface area contributed by atoms with E-state index >= 15 is 0 Å². The number of halogens is 1. The second kappa shape index (κ2) is 9.09. The first kappa shape index (κ1) is 20.9. The van der Waals surface area contributed by atoms with Crippen molar-refractivity contribution >= 4 is 29.7 Å². The maximum Gasteiger partial charge on any atom is 0.339 e. The number of hydrogen-bond acceptors (Lipinski definition) is 7. The van der Waals surface area contributed by atoms with Crippen molar-refractivity contribution in [1.29, 1.82) is 0 Å².